The number of aliphatic hydroxyl groups excluding tert-OH is 2. The predicted molar refractivity (Wildman–Crippen MR) is 54.3 cm³/mol. The smallest absolute Gasteiger partial charge is 0.223 e. The van der Waals surface area contributed by atoms with Gasteiger partial charge in [-0.15, -0.1) is 0 Å². The third-order valence-electron chi connectivity index (χ3n) is 1.88. The molecule has 1 heterocycles. The Morgan fingerprint density at radius 1 is 1.60 bits per heavy atom. The van der Waals surface area contributed by atoms with Crippen LogP contribution in [0, 0.1) is 5.95 Å². The molecule has 0 spiro atoms. The number of nitrogens with zero attached hydrogens (tertiary/aromatic N) is 1. The van der Waals surface area contributed by atoms with Gasteiger partial charge in [-0.1, -0.05) is 15.9 Å². The molecular formula is C9H9BrFNO3. The van der Waals surface area contributed by atoms with Crippen molar-refractivity contribution >= 4 is 22.2 Å². The molecule has 15 heavy (non-hydrogen) atoms. The van der Waals surface area contributed by atoms with Crippen LogP contribution in [0.5, 0.6) is 0 Å². The third kappa shape index (κ3) is 2.80. The first kappa shape index (κ1) is 12.2. The third-order valence-corrected chi connectivity index (χ3v) is 2.54. The van der Waals surface area contributed by atoms with Crippen LogP contribution in [0.4, 0.5) is 4.39 Å². The maximum atomic E-state index is 12.8. The van der Waals surface area contributed by atoms with Crippen LogP contribution in [0.25, 0.3) is 0 Å². The van der Waals surface area contributed by atoms with Crippen molar-refractivity contribution in [2.75, 3.05) is 5.33 Å². The van der Waals surface area contributed by atoms with E-state index in [1.54, 1.807) is 0 Å². The Bertz CT molecular complexity index is 361. The number of halogens is 2. The fraction of sp³-hybridized carbons (Fsp3) is 0.333. The zero-order valence-corrected chi connectivity index (χ0v) is 9.19. The zero-order chi connectivity index (χ0) is 11.4. The van der Waals surface area contributed by atoms with Gasteiger partial charge in [-0.3, -0.25) is 4.79 Å². The van der Waals surface area contributed by atoms with E-state index >= 15 is 0 Å². The molecule has 1 rings (SSSR count). The van der Waals surface area contributed by atoms with Gasteiger partial charge in [-0.2, -0.15) is 4.39 Å². The lowest BCUT2D eigenvalue weighted by Gasteiger charge is -2.15. The number of hydrogen-bond donors (Lipinski definition) is 2. The number of aliphatic hydroxyl groups is 2. The van der Waals surface area contributed by atoms with Crippen molar-refractivity contribution in [3.8, 4) is 0 Å². The summed E-state index contributed by atoms with van der Waals surface area (Å²) in [5.74, 6) is -0.894. The predicted octanol–water partition coefficient (Wildman–Crippen LogP) is 0.822. The van der Waals surface area contributed by atoms with Gasteiger partial charge in [0, 0.05) is 17.1 Å². The van der Waals surface area contributed by atoms with Crippen LogP contribution in [0.3, 0.4) is 0 Å². The zero-order valence-electron chi connectivity index (χ0n) is 7.60. The van der Waals surface area contributed by atoms with Crippen molar-refractivity contribution < 1.29 is 19.4 Å². The second-order valence-corrected chi connectivity index (χ2v) is 3.58. The van der Waals surface area contributed by atoms with Crippen LogP contribution >= 0.6 is 15.9 Å². The Morgan fingerprint density at radius 2 is 2.27 bits per heavy atom. The molecule has 0 bridgehead atoms. The van der Waals surface area contributed by atoms with Crippen LogP contribution in [0.15, 0.2) is 12.3 Å². The van der Waals surface area contributed by atoms with Crippen molar-refractivity contribution in [3.05, 3.63) is 29.3 Å². The van der Waals surface area contributed by atoms with E-state index in [0.29, 0.717) is 6.29 Å². The second kappa shape index (κ2) is 5.29. The molecular weight excluding hydrogens is 269 g/mol. The molecule has 2 atom stereocenters. The number of rotatable bonds is 4. The lowest BCUT2D eigenvalue weighted by Crippen LogP contribution is -2.20. The van der Waals surface area contributed by atoms with E-state index in [9.17, 15) is 19.4 Å². The van der Waals surface area contributed by atoms with Crippen LogP contribution < -0.4 is 0 Å². The molecule has 2 unspecified atom stereocenters. The van der Waals surface area contributed by atoms with Gasteiger partial charge in [0.05, 0.1) is 11.7 Å². The number of carbonyl (C=O) groups is 1. The minimum atomic E-state index is -1.20. The minimum Gasteiger partial charge on any atom is -0.389 e. The highest BCUT2D eigenvalue weighted by Gasteiger charge is 2.18. The van der Waals surface area contributed by atoms with E-state index < -0.39 is 18.2 Å². The Morgan fingerprint density at radius 3 is 2.80 bits per heavy atom. The Balaban J connectivity index is 3.00. The number of carbonyl (C=O) groups excluding carboxylic acids is 1. The monoisotopic (exact) mass is 277 g/mol. The average Bonchev–Trinajstić information content (AvgIpc) is 2.27. The Kier molecular flexibility index (Phi) is 4.31. The molecule has 0 aromatic carbocycles. The normalized spacial score (nSPS) is 14.7. The van der Waals surface area contributed by atoms with Crippen molar-refractivity contribution in [3.63, 3.8) is 0 Å². The number of pyridine rings is 1. The standard InChI is InChI=1S/C9H9BrFNO3/c10-2-7(14)8(15)5-1-6(4-13)9(11)12-3-5/h1,3-4,7-8,14-15H,2H2. The summed E-state index contributed by atoms with van der Waals surface area (Å²) in [5.41, 5.74) is -0.0428. The van der Waals surface area contributed by atoms with Crippen LogP contribution in [0.1, 0.15) is 22.0 Å². The van der Waals surface area contributed by atoms with Gasteiger partial charge < -0.3 is 10.2 Å². The molecule has 0 saturated heterocycles. The lowest BCUT2D eigenvalue weighted by molar-refractivity contribution is 0.0339. The molecule has 0 fully saturated rings. The van der Waals surface area contributed by atoms with E-state index in [2.05, 4.69) is 20.9 Å². The Hall–Kier alpha value is -0.850. The summed E-state index contributed by atoms with van der Waals surface area (Å²) in [6.45, 7) is 0. The molecule has 0 saturated carbocycles. The van der Waals surface area contributed by atoms with Gasteiger partial charge in [-0.05, 0) is 6.07 Å². The van der Waals surface area contributed by atoms with Gasteiger partial charge in [0.15, 0.2) is 6.29 Å². The van der Waals surface area contributed by atoms with Crippen LogP contribution in [-0.2, 0) is 0 Å². The largest absolute Gasteiger partial charge is 0.389 e. The molecule has 2 N–H and O–H groups in total. The highest BCUT2D eigenvalue weighted by atomic mass is 79.9. The molecule has 0 aliphatic heterocycles. The Labute approximate surface area is 93.9 Å². The maximum Gasteiger partial charge on any atom is 0.223 e. The van der Waals surface area contributed by atoms with Crippen molar-refractivity contribution in [1.29, 1.82) is 0 Å². The van der Waals surface area contributed by atoms with E-state index in [1.165, 1.54) is 0 Å². The molecule has 0 amide bonds. The fourth-order valence-electron chi connectivity index (χ4n) is 1.03. The van der Waals surface area contributed by atoms with E-state index in [0.717, 1.165) is 12.3 Å². The van der Waals surface area contributed by atoms with Crippen molar-refractivity contribution in [1.82, 2.24) is 4.98 Å². The molecule has 0 aliphatic rings. The molecule has 0 radical (unpaired) electrons. The van der Waals surface area contributed by atoms with Gasteiger partial charge >= 0.3 is 0 Å². The topological polar surface area (TPSA) is 70.4 Å². The highest BCUT2D eigenvalue weighted by Crippen LogP contribution is 2.18. The number of aldehydes is 1. The van der Waals surface area contributed by atoms with Gasteiger partial charge in [0.2, 0.25) is 5.95 Å². The second-order valence-electron chi connectivity index (χ2n) is 2.93. The summed E-state index contributed by atoms with van der Waals surface area (Å²) in [5, 5.41) is 19.0. The lowest BCUT2D eigenvalue weighted by atomic mass is 10.1. The quantitative estimate of drug-likeness (QED) is 0.486. The fourth-order valence-corrected chi connectivity index (χ4v) is 1.39. The first-order valence-electron chi connectivity index (χ1n) is 4.13. The van der Waals surface area contributed by atoms with Gasteiger partial charge in [0.1, 0.15) is 6.10 Å². The summed E-state index contributed by atoms with van der Waals surface area (Å²) in [4.78, 5) is 13.7. The SMILES string of the molecule is O=Cc1cc(C(O)C(O)CBr)cnc1F. The van der Waals surface area contributed by atoms with Crippen LogP contribution in [-0.4, -0.2) is 32.9 Å². The summed E-state index contributed by atoms with van der Waals surface area (Å²) < 4.78 is 12.8. The summed E-state index contributed by atoms with van der Waals surface area (Å²) in [7, 11) is 0. The summed E-state index contributed by atoms with van der Waals surface area (Å²) in [6.07, 6.45) is -0.842. The number of alkyl halides is 1. The summed E-state index contributed by atoms with van der Waals surface area (Å²) in [6, 6.07) is 1.16. The maximum absolute atomic E-state index is 12.8. The number of aromatic nitrogens is 1. The molecule has 4 nitrogen and oxygen atoms in total. The number of hydrogen-bond acceptors (Lipinski definition) is 4. The first-order chi connectivity index (χ1) is 7.10. The summed E-state index contributed by atoms with van der Waals surface area (Å²) >= 11 is 2.99. The molecule has 1 aromatic heterocycles. The van der Waals surface area contributed by atoms with Gasteiger partial charge in [0.25, 0.3) is 0 Å². The van der Waals surface area contributed by atoms with E-state index in [4.69, 9.17) is 0 Å². The molecule has 1 aromatic rings. The average molecular weight is 278 g/mol. The first-order valence-corrected chi connectivity index (χ1v) is 5.25. The highest BCUT2D eigenvalue weighted by molar-refractivity contribution is 9.09. The van der Waals surface area contributed by atoms with Gasteiger partial charge in [-0.25, -0.2) is 4.98 Å². The molecule has 82 valence electrons. The van der Waals surface area contributed by atoms with Crippen molar-refractivity contribution in [2.24, 2.45) is 0 Å². The van der Waals surface area contributed by atoms with Crippen molar-refractivity contribution in [2.45, 2.75) is 12.2 Å². The van der Waals surface area contributed by atoms with E-state index in [-0.39, 0.29) is 16.5 Å². The van der Waals surface area contributed by atoms with Crippen LogP contribution in [0.2, 0.25) is 0 Å². The minimum absolute atomic E-state index is 0.169. The molecule has 6 heteroatoms. The van der Waals surface area contributed by atoms with E-state index in [1.807, 2.05) is 0 Å². The molecule has 0 aliphatic carbocycles.